The highest BCUT2D eigenvalue weighted by Crippen LogP contribution is 2.35. The van der Waals surface area contributed by atoms with Crippen molar-refractivity contribution in [3.8, 4) is 5.75 Å². The molecule has 1 N–H and O–H groups in total. The van der Waals surface area contributed by atoms with Gasteiger partial charge in [0.05, 0.1) is 12.2 Å². The summed E-state index contributed by atoms with van der Waals surface area (Å²) < 4.78 is 19.7. The van der Waals surface area contributed by atoms with Crippen LogP contribution in [0.3, 0.4) is 0 Å². The zero-order chi connectivity index (χ0) is 21.8. The molecule has 2 aliphatic rings. The van der Waals surface area contributed by atoms with Crippen LogP contribution in [-0.2, 0) is 11.3 Å². The summed E-state index contributed by atoms with van der Waals surface area (Å²) in [7, 11) is 0. The van der Waals surface area contributed by atoms with Crippen molar-refractivity contribution in [2.45, 2.75) is 38.8 Å². The Morgan fingerprint density at radius 2 is 1.81 bits per heavy atom. The first-order valence-corrected chi connectivity index (χ1v) is 10.9. The minimum atomic E-state index is -0.320. The van der Waals surface area contributed by atoms with E-state index in [9.17, 15) is 14.0 Å². The fourth-order valence-electron chi connectivity index (χ4n) is 4.16. The Labute approximate surface area is 182 Å². The molecular weight excluding hydrogens is 397 g/mol. The van der Waals surface area contributed by atoms with Crippen LogP contribution >= 0.6 is 0 Å². The Hall–Kier alpha value is -3.09. The average Bonchev–Trinajstić information content (AvgIpc) is 2.82. The van der Waals surface area contributed by atoms with Crippen LogP contribution in [-0.4, -0.2) is 42.6 Å². The molecule has 2 aliphatic heterocycles. The Morgan fingerprint density at radius 3 is 2.55 bits per heavy atom. The molecule has 7 heteroatoms. The molecule has 0 spiro atoms. The number of carbonyl (C=O) groups excluding carboxylic acids is 2. The first kappa shape index (κ1) is 21.2. The van der Waals surface area contributed by atoms with Crippen molar-refractivity contribution in [2.24, 2.45) is 5.92 Å². The zero-order valence-electron chi connectivity index (χ0n) is 17.7. The van der Waals surface area contributed by atoms with Crippen molar-refractivity contribution in [1.29, 1.82) is 0 Å². The molecule has 0 saturated carbocycles. The van der Waals surface area contributed by atoms with Gasteiger partial charge < -0.3 is 15.0 Å². The summed E-state index contributed by atoms with van der Waals surface area (Å²) in [6, 6.07) is 14.0. The van der Waals surface area contributed by atoms with Gasteiger partial charge in [0.15, 0.2) is 0 Å². The second kappa shape index (κ2) is 9.37. The van der Waals surface area contributed by atoms with Gasteiger partial charge in [-0.05, 0) is 37.5 Å². The molecule has 1 saturated heterocycles. The van der Waals surface area contributed by atoms with E-state index in [2.05, 4.69) is 5.32 Å². The quantitative estimate of drug-likeness (QED) is 0.807. The molecule has 2 aromatic carbocycles. The van der Waals surface area contributed by atoms with Gasteiger partial charge in [-0.25, -0.2) is 9.18 Å². The second-order valence-corrected chi connectivity index (χ2v) is 8.08. The lowest BCUT2D eigenvalue weighted by Crippen LogP contribution is -2.52. The molecule has 0 aliphatic carbocycles. The number of amides is 3. The first-order valence-electron chi connectivity index (χ1n) is 10.9. The van der Waals surface area contributed by atoms with Crippen molar-refractivity contribution < 1.29 is 18.7 Å². The lowest BCUT2D eigenvalue weighted by atomic mass is 9.96. The minimum Gasteiger partial charge on any atom is -0.486 e. The zero-order valence-corrected chi connectivity index (χ0v) is 17.7. The van der Waals surface area contributed by atoms with Crippen LogP contribution in [0.5, 0.6) is 5.75 Å². The van der Waals surface area contributed by atoms with Crippen LogP contribution in [0.4, 0.5) is 14.9 Å². The number of nitrogens with zero attached hydrogens (tertiary/aromatic N) is 2. The highest BCUT2D eigenvalue weighted by atomic mass is 19.1. The van der Waals surface area contributed by atoms with E-state index in [1.54, 1.807) is 23.1 Å². The monoisotopic (exact) mass is 425 g/mol. The normalized spacial score (nSPS) is 18.8. The third kappa shape index (κ3) is 4.65. The fraction of sp³-hybridized carbons (Fsp3) is 0.417. The number of ether oxygens (including phenoxy) is 1. The number of para-hydroxylation sites is 2. The number of likely N-dealkylation sites (tertiary alicyclic amines) is 1. The summed E-state index contributed by atoms with van der Waals surface area (Å²) in [6.07, 6.45) is 1.99. The maximum atomic E-state index is 13.7. The second-order valence-electron chi connectivity index (χ2n) is 8.08. The maximum absolute atomic E-state index is 13.7. The van der Waals surface area contributed by atoms with Crippen LogP contribution in [0.2, 0.25) is 0 Å². The topological polar surface area (TPSA) is 61.9 Å². The molecule has 6 nitrogen and oxygen atoms in total. The highest BCUT2D eigenvalue weighted by molar-refractivity contribution is 5.94. The predicted octanol–water partition coefficient (Wildman–Crippen LogP) is 3.95. The summed E-state index contributed by atoms with van der Waals surface area (Å²) in [5.74, 6) is 0.157. The molecule has 1 unspecified atom stereocenters. The molecule has 4 rings (SSSR count). The first-order chi connectivity index (χ1) is 15.1. The Balaban J connectivity index is 1.34. The van der Waals surface area contributed by atoms with E-state index in [0.29, 0.717) is 38.0 Å². The van der Waals surface area contributed by atoms with Crippen LogP contribution in [0, 0.1) is 11.7 Å². The standard InChI is InChI=1S/C24H28FN3O3/c1-2-19-16-28(21-9-5-6-10-22(21)31-19)24(30)27-13-11-17(12-14-27)23(29)26-15-18-7-3-4-8-20(18)25/h3-10,17,19H,2,11-16H2,1H3,(H,26,29). The number of anilines is 1. The molecule has 0 aromatic heterocycles. The number of hydrogen-bond donors (Lipinski definition) is 1. The van der Waals surface area contributed by atoms with Crippen molar-refractivity contribution >= 4 is 17.6 Å². The van der Waals surface area contributed by atoms with E-state index >= 15 is 0 Å². The number of urea groups is 1. The molecule has 1 atom stereocenters. The molecule has 0 bridgehead atoms. The Morgan fingerprint density at radius 1 is 1.10 bits per heavy atom. The van der Waals surface area contributed by atoms with Crippen molar-refractivity contribution in [2.75, 3.05) is 24.5 Å². The summed E-state index contributed by atoms with van der Waals surface area (Å²) in [5, 5.41) is 2.83. The van der Waals surface area contributed by atoms with Crippen LogP contribution < -0.4 is 15.0 Å². The van der Waals surface area contributed by atoms with Gasteiger partial charge in [0.2, 0.25) is 5.91 Å². The van der Waals surface area contributed by atoms with Gasteiger partial charge in [-0.2, -0.15) is 0 Å². The number of benzene rings is 2. The van der Waals surface area contributed by atoms with Crippen molar-refractivity contribution in [3.63, 3.8) is 0 Å². The largest absolute Gasteiger partial charge is 0.486 e. The van der Waals surface area contributed by atoms with Crippen LogP contribution in [0.15, 0.2) is 48.5 Å². The number of halogens is 1. The van der Waals surface area contributed by atoms with E-state index in [0.717, 1.165) is 17.9 Å². The molecule has 0 radical (unpaired) electrons. The van der Waals surface area contributed by atoms with E-state index in [-0.39, 0.29) is 36.3 Å². The fourth-order valence-corrected chi connectivity index (χ4v) is 4.16. The lowest BCUT2D eigenvalue weighted by Gasteiger charge is -2.39. The van der Waals surface area contributed by atoms with Gasteiger partial charge >= 0.3 is 6.03 Å². The number of rotatable bonds is 4. The summed E-state index contributed by atoms with van der Waals surface area (Å²) >= 11 is 0. The maximum Gasteiger partial charge on any atom is 0.324 e. The van der Waals surface area contributed by atoms with Gasteiger partial charge in [0, 0.05) is 31.1 Å². The Kier molecular flexibility index (Phi) is 6.39. The number of carbonyl (C=O) groups is 2. The number of nitrogens with one attached hydrogen (secondary N) is 1. The number of hydrogen-bond acceptors (Lipinski definition) is 3. The smallest absolute Gasteiger partial charge is 0.324 e. The average molecular weight is 426 g/mol. The van der Waals surface area contributed by atoms with Gasteiger partial charge in [-0.3, -0.25) is 9.69 Å². The van der Waals surface area contributed by atoms with Crippen LogP contribution in [0.1, 0.15) is 31.7 Å². The summed E-state index contributed by atoms with van der Waals surface area (Å²) in [4.78, 5) is 29.4. The minimum absolute atomic E-state index is 0.0273. The van der Waals surface area contributed by atoms with Crippen molar-refractivity contribution in [1.82, 2.24) is 10.2 Å². The molecular formula is C24H28FN3O3. The van der Waals surface area contributed by atoms with E-state index in [1.807, 2.05) is 36.1 Å². The van der Waals surface area contributed by atoms with E-state index in [4.69, 9.17) is 4.74 Å². The summed E-state index contributed by atoms with van der Waals surface area (Å²) in [6.45, 7) is 3.79. The molecule has 2 heterocycles. The predicted molar refractivity (Wildman–Crippen MR) is 116 cm³/mol. The van der Waals surface area contributed by atoms with E-state index < -0.39 is 0 Å². The number of fused-ring (bicyclic) bond motifs is 1. The molecule has 3 amide bonds. The molecule has 1 fully saturated rings. The van der Waals surface area contributed by atoms with Gasteiger partial charge in [-0.1, -0.05) is 37.3 Å². The highest BCUT2D eigenvalue weighted by Gasteiger charge is 2.34. The van der Waals surface area contributed by atoms with Gasteiger partial charge in [-0.15, -0.1) is 0 Å². The third-order valence-corrected chi connectivity index (χ3v) is 6.07. The SMILES string of the molecule is CCC1CN(C(=O)N2CCC(C(=O)NCc3ccccc3F)CC2)c2ccccc2O1. The van der Waals surface area contributed by atoms with Crippen LogP contribution in [0.25, 0.3) is 0 Å². The van der Waals surface area contributed by atoms with Crippen molar-refractivity contribution in [3.05, 3.63) is 59.9 Å². The Bertz CT molecular complexity index is 943. The number of piperidine rings is 1. The van der Waals surface area contributed by atoms with Gasteiger partial charge in [0.1, 0.15) is 17.7 Å². The summed E-state index contributed by atoms with van der Waals surface area (Å²) in [5.41, 5.74) is 1.27. The molecule has 2 aromatic rings. The van der Waals surface area contributed by atoms with Gasteiger partial charge in [0.25, 0.3) is 0 Å². The third-order valence-electron chi connectivity index (χ3n) is 6.07. The van der Waals surface area contributed by atoms with E-state index in [1.165, 1.54) is 6.07 Å². The molecule has 31 heavy (non-hydrogen) atoms. The molecule has 164 valence electrons. The lowest BCUT2D eigenvalue weighted by molar-refractivity contribution is -0.126.